The van der Waals surface area contributed by atoms with Crippen molar-refractivity contribution >= 4 is 5.91 Å². The van der Waals surface area contributed by atoms with Crippen molar-refractivity contribution in [1.29, 1.82) is 0 Å². The molecule has 1 fully saturated rings. The summed E-state index contributed by atoms with van der Waals surface area (Å²) in [5.41, 5.74) is 2.22. The highest BCUT2D eigenvalue weighted by Crippen LogP contribution is 2.47. The van der Waals surface area contributed by atoms with Gasteiger partial charge in [0.1, 0.15) is 0 Å². The topological polar surface area (TPSA) is 56.8 Å². The molecule has 0 radical (unpaired) electrons. The predicted octanol–water partition coefficient (Wildman–Crippen LogP) is 3.10. The van der Waals surface area contributed by atoms with Crippen molar-refractivity contribution in [2.24, 2.45) is 0 Å². The minimum Gasteiger partial charge on any atom is -0.493 e. The molecule has 0 heterocycles. The number of hydrogen-bond donors (Lipinski definition) is 1. The summed E-state index contributed by atoms with van der Waals surface area (Å²) in [4.78, 5) is 12.4. The molecule has 0 unspecified atom stereocenters. The third-order valence-electron chi connectivity index (χ3n) is 4.95. The highest BCUT2D eigenvalue weighted by atomic mass is 16.5. The van der Waals surface area contributed by atoms with Gasteiger partial charge in [0.05, 0.1) is 27.8 Å². The monoisotopic (exact) mass is 355 g/mol. The Kier molecular flexibility index (Phi) is 5.35. The lowest BCUT2D eigenvalue weighted by Crippen LogP contribution is -2.33. The second kappa shape index (κ2) is 7.68. The van der Waals surface area contributed by atoms with Crippen molar-refractivity contribution in [1.82, 2.24) is 5.32 Å². The van der Waals surface area contributed by atoms with Gasteiger partial charge in [-0.15, -0.1) is 0 Å². The average molecular weight is 355 g/mol. The smallest absolute Gasteiger partial charge is 0.224 e. The van der Waals surface area contributed by atoms with Crippen LogP contribution in [0.2, 0.25) is 0 Å². The molecular weight excluding hydrogens is 330 g/mol. The van der Waals surface area contributed by atoms with Gasteiger partial charge in [-0.25, -0.2) is 0 Å². The third kappa shape index (κ3) is 3.77. The number of rotatable bonds is 8. The van der Waals surface area contributed by atoms with E-state index < -0.39 is 0 Å². The number of amides is 1. The fraction of sp³-hybridized carbons (Fsp3) is 0.381. The molecule has 1 N–H and O–H groups in total. The molecule has 1 aliphatic rings. The summed E-state index contributed by atoms with van der Waals surface area (Å²) in [7, 11) is 4.70. The molecule has 1 amide bonds. The van der Waals surface area contributed by atoms with Gasteiger partial charge in [0.25, 0.3) is 0 Å². The Morgan fingerprint density at radius 2 is 1.62 bits per heavy atom. The highest BCUT2D eigenvalue weighted by Gasteiger charge is 2.44. The van der Waals surface area contributed by atoms with E-state index >= 15 is 0 Å². The molecule has 0 atom stereocenters. The van der Waals surface area contributed by atoms with Crippen LogP contribution in [0.1, 0.15) is 24.0 Å². The van der Waals surface area contributed by atoms with Gasteiger partial charge in [-0.3, -0.25) is 4.79 Å². The molecule has 1 saturated carbocycles. The Balaban J connectivity index is 1.65. The van der Waals surface area contributed by atoms with E-state index in [1.54, 1.807) is 21.3 Å². The Labute approximate surface area is 154 Å². The number of carbonyl (C=O) groups is 1. The van der Waals surface area contributed by atoms with Crippen LogP contribution in [0.25, 0.3) is 0 Å². The van der Waals surface area contributed by atoms with Crippen molar-refractivity contribution in [3.63, 3.8) is 0 Å². The lowest BCUT2D eigenvalue weighted by molar-refractivity contribution is -0.120. The molecule has 0 aliphatic heterocycles. The zero-order valence-corrected chi connectivity index (χ0v) is 15.5. The number of methoxy groups -OCH3 is 3. The Hall–Kier alpha value is -2.69. The molecule has 2 aromatic carbocycles. The van der Waals surface area contributed by atoms with Crippen molar-refractivity contribution in [3.05, 3.63) is 53.6 Å². The van der Waals surface area contributed by atoms with Crippen LogP contribution in [0.5, 0.6) is 17.2 Å². The van der Waals surface area contributed by atoms with E-state index in [0.717, 1.165) is 18.4 Å². The third-order valence-corrected chi connectivity index (χ3v) is 4.95. The van der Waals surface area contributed by atoms with E-state index in [1.165, 1.54) is 5.56 Å². The van der Waals surface area contributed by atoms with Crippen LogP contribution >= 0.6 is 0 Å². The van der Waals surface area contributed by atoms with Gasteiger partial charge in [0.2, 0.25) is 11.7 Å². The molecule has 0 spiro atoms. The second-order valence-corrected chi connectivity index (χ2v) is 6.63. The standard InChI is InChI=1S/C21H25NO4/c1-24-17-11-15(12-18(25-2)20(17)26-3)13-19(23)22-14-21(9-10-21)16-7-5-4-6-8-16/h4-8,11-12H,9-10,13-14H2,1-3H3,(H,22,23). The minimum absolute atomic E-state index is 0.0125. The first-order valence-electron chi connectivity index (χ1n) is 8.73. The largest absolute Gasteiger partial charge is 0.493 e. The summed E-state index contributed by atoms with van der Waals surface area (Å²) >= 11 is 0. The second-order valence-electron chi connectivity index (χ2n) is 6.63. The summed E-state index contributed by atoms with van der Waals surface area (Å²) in [6.07, 6.45) is 2.49. The summed E-state index contributed by atoms with van der Waals surface area (Å²) in [5.74, 6) is 1.62. The molecule has 5 heteroatoms. The molecule has 3 rings (SSSR count). The first-order chi connectivity index (χ1) is 12.6. The van der Waals surface area contributed by atoms with Crippen molar-refractivity contribution < 1.29 is 19.0 Å². The van der Waals surface area contributed by atoms with E-state index in [-0.39, 0.29) is 17.7 Å². The van der Waals surface area contributed by atoms with Crippen LogP contribution in [0.3, 0.4) is 0 Å². The number of ether oxygens (including phenoxy) is 3. The molecule has 0 bridgehead atoms. The Bertz CT molecular complexity index is 744. The highest BCUT2D eigenvalue weighted by molar-refractivity contribution is 5.79. The lowest BCUT2D eigenvalue weighted by Gasteiger charge is -2.17. The van der Waals surface area contributed by atoms with E-state index in [0.29, 0.717) is 23.8 Å². The van der Waals surface area contributed by atoms with Gasteiger partial charge in [0.15, 0.2) is 11.5 Å². The number of benzene rings is 2. The molecule has 2 aromatic rings. The van der Waals surface area contributed by atoms with Crippen LogP contribution in [0.15, 0.2) is 42.5 Å². The molecule has 0 aromatic heterocycles. The minimum atomic E-state index is -0.0125. The van der Waals surface area contributed by atoms with E-state index in [4.69, 9.17) is 14.2 Å². The molecule has 26 heavy (non-hydrogen) atoms. The zero-order valence-electron chi connectivity index (χ0n) is 15.5. The van der Waals surface area contributed by atoms with Gasteiger partial charge < -0.3 is 19.5 Å². The fourth-order valence-corrected chi connectivity index (χ4v) is 3.26. The summed E-state index contributed by atoms with van der Waals surface area (Å²) in [6.45, 7) is 0.667. The van der Waals surface area contributed by atoms with Crippen molar-refractivity contribution in [2.75, 3.05) is 27.9 Å². The number of carbonyl (C=O) groups excluding carboxylic acids is 1. The average Bonchev–Trinajstić information content (AvgIpc) is 3.47. The van der Waals surface area contributed by atoms with Gasteiger partial charge in [-0.05, 0) is 36.1 Å². The Morgan fingerprint density at radius 3 is 2.12 bits per heavy atom. The molecular formula is C21H25NO4. The summed E-state index contributed by atoms with van der Waals surface area (Å²) in [5, 5.41) is 3.08. The fourth-order valence-electron chi connectivity index (χ4n) is 3.26. The molecule has 0 saturated heterocycles. The van der Waals surface area contributed by atoms with Crippen LogP contribution in [-0.2, 0) is 16.6 Å². The maximum atomic E-state index is 12.4. The number of hydrogen-bond acceptors (Lipinski definition) is 4. The number of nitrogens with one attached hydrogen (secondary N) is 1. The lowest BCUT2D eigenvalue weighted by atomic mass is 9.96. The van der Waals surface area contributed by atoms with Gasteiger partial charge in [-0.2, -0.15) is 0 Å². The molecule has 1 aliphatic carbocycles. The van der Waals surface area contributed by atoms with E-state index in [1.807, 2.05) is 30.3 Å². The maximum Gasteiger partial charge on any atom is 0.224 e. The van der Waals surface area contributed by atoms with Crippen molar-refractivity contribution in [2.45, 2.75) is 24.7 Å². The van der Waals surface area contributed by atoms with Gasteiger partial charge >= 0.3 is 0 Å². The molecule has 5 nitrogen and oxygen atoms in total. The van der Waals surface area contributed by atoms with Crippen LogP contribution < -0.4 is 19.5 Å². The molecule has 138 valence electrons. The van der Waals surface area contributed by atoms with Gasteiger partial charge in [-0.1, -0.05) is 30.3 Å². The quantitative estimate of drug-likeness (QED) is 0.791. The van der Waals surface area contributed by atoms with Gasteiger partial charge in [0, 0.05) is 12.0 Å². The van der Waals surface area contributed by atoms with Crippen LogP contribution in [0.4, 0.5) is 0 Å². The SMILES string of the molecule is COc1cc(CC(=O)NCC2(c3ccccc3)CC2)cc(OC)c1OC. The maximum absolute atomic E-state index is 12.4. The van der Waals surface area contributed by atoms with E-state index in [2.05, 4.69) is 17.4 Å². The van der Waals surface area contributed by atoms with Crippen molar-refractivity contribution in [3.8, 4) is 17.2 Å². The van der Waals surface area contributed by atoms with Crippen LogP contribution in [-0.4, -0.2) is 33.8 Å². The van der Waals surface area contributed by atoms with E-state index in [9.17, 15) is 4.79 Å². The first-order valence-corrected chi connectivity index (χ1v) is 8.73. The Morgan fingerprint density at radius 1 is 1.00 bits per heavy atom. The normalized spacial score (nSPS) is 14.4. The summed E-state index contributed by atoms with van der Waals surface area (Å²) < 4.78 is 16.0. The predicted molar refractivity (Wildman–Crippen MR) is 100 cm³/mol. The zero-order chi connectivity index (χ0) is 18.6. The first kappa shape index (κ1) is 18.1. The summed E-state index contributed by atoms with van der Waals surface area (Å²) in [6, 6.07) is 14.0. The van der Waals surface area contributed by atoms with Crippen LogP contribution in [0, 0.1) is 0 Å².